The number of nitrogens with one attached hydrogen (secondary N) is 1. The van der Waals surface area contributed by atoms with Crippen LogP contribution in [0.2, 0.25) is 91.2 Å². The molecule has 2 saturated heterocycles. The lowest BCUT2D eigenvalue weighted by Gasteiger charge is -2.38. The second-order valence-electron chi connectivity index (χ2n) is 31.5. The molecular formula is C67H125BrClFIN5O20SSi5. The maximum atomic E-state index is 13.2. The number of nitrogen functional groups attached to an aromatic ring is 1. The van der Waals surface area contributed by atoms with Gasteiger partial charge in [-0.15, -0.1) is 0 Å². The molecule has 3 aliphatic heterocycles. The third-order valence-electron chi connectivity index (χ3n) is 18.5. The normalized spacial score (nSPS) is 17.4. The maximum absolute atomic E-state index is 13.2. The van der Waals surface area contributed by atoms with E-state index in [0.29, 0.717) is 70.9 Å². The highest BCUT2D eigenvalue weighted by atomic mass is 127. The number of methoxy groups -OCH3 is 3. The van der Waals surface area contributed by atoms with Gasteiger partial charge in [-0.2, -0.15) is 19.5 Å². The number of halogens is 4. The average molecular weight is 1750 g/mol. The number of hydrogen-bond acceptors (Lipinski definition) is 25. The minimum atomic E-state index is -3.51. The summed E-state index contributed by atoms with van der Waals surface area (Å²) in [6, 6.07) is 4.10. The summed E-state index contributed by atoms with van der Waals surface area (Å²) < 4.78 is 88.3. The molecule has 35 heteroatoms. The van der Waals surface area contributed by atoms with Gasteiger partial charge in [0.25, 0.3) is 10.1 Å². The molecular weight excluding hydrogens is 1630 g/mol. The van der Waals surface area contributed by atoms with Crippen LogP contribution in [0, 0.1) is 12.7 Å². The van der Waals surface area contributed by atoms with Crippen molar-refractivity contribution in [3.8, 4) is 0 Å². The molecule has 2 fully saturated rings. The van der Waals surface area contributed by atoms with Gasteiger partial charge in [-0.05, 0) is 109 Å². The number of benzene rings is 1. The SMILES string of the molecule is CC(C)(C)[Si](C)(C)Cl.CC(C)(C)[Si](C)(C)O[C@H]1CCOC1=O.COC(=O)[C@H](CCI)O[Si](C)(C)C(C)(C)C.COC(=O)[C@H](CCO)O[Si](C)(C)C(C)(C)C.COC(=O)[C@H](CCOS(C)(=O)=O)O[Si](C)(C)C(C)C.Cc1nc(N)nc2c1C(NO)=N[C@@H](c1ccc(F)cc1Br)C2.O=C1OCC[C@@H]1O. The number of aromatic nitrogens is 2. The fraction of sp³-hybridized carbons (Fsp3) is 0.761. The fourth-order valence-corrected chi connectivity index (χ4v) is 14.0. The van der Waals surface area contributed by atoms with E-state index < -0.39 is 93.1 Å². The Kier molecular flexibility index (Phi) is 43.5. The van der Waals surface area contributed by atoms with Crippen molar-refractivity contribution in [1.82, 2.24) is 15.4 Å². The molecule has 0 saturated carbocycles. The van der Waals surface area contributed by atoms with E-state index in [0.717, 1.165) is 22.7 Å². The van der Waals surface area contributed by atoms with Crippen LogP contribution in [0.5, 0.6) is 0 Å². The van der Waals surface area contributed by atoms with Crippen LogP contribution in [-0.2, 0) is 86.1 Å². The van der Waals surface area contributed by atoms with Crippen molar-refractivity contribution >= 4 is 142 Å². The summed E-state index contributed by atoms with van der Waals surface area (Å²) >= 11 is 11.7. The molecule has 592 valence electrons. The number of aryl methyl sites for hydroxylation is 1. The number of rotatable bonds is 21. The fourth-order valence-electron chi connectivity index (χ4n) is 7.36. The number of nitrogens with two attached hydrogens (primary N) is 1. The van der Waals surface area contributed by atoms with Crippen molar-refractivity contribution < 1.29 is 97.8 Å². The molecule has 1 aromatic carbocycles. The first kappa shape index (κ1) is 101. The summed E-state index contributed by atoms with van der Waals surface area (Å²) in [6.45, 7) is 53.6. The Balaban J connectivity index is 0. The van der Waals surface area contributed by atoms with Crippen LogP contribution >= 0.6 is 49.6 Å². The molecule has 3 aliphatic rings. The Morgan fingerprint density at radius 3 is 1.52 bits per heavy atom. The molecule has 25 nitrogen and oxygen atoms in total. The van der Waals surface area contributed by atoms with Crippen LogP contribution in [0.15, 0.2) is 27.7 Å². The Morgan fingerprint density at radius 2 is 1.19 bits per heavy atom. The number of amidine groups is 1. The topological polar surface area (TPSA) is 349 Å². The lowest BCUT2D eigenvalue weighted by Crippen LogP contribution is -2.46. The molecule has 1 aromatic heterocycles. The average Bonchev–Trinajstić information content (AvgIpc) is 0.817. The largest absolute Gasteiger partial charge is 0.467 e. The zero-order valence-electron chi connectivity index (χ0n) is 66.2. The summed E-state index contributed by atoms with van der Waals surface area (Å²) in [4.78, 5) is 68.8. The minimum Gasteiger partial charge on any atom is -0.467 e. The number of ether oxygens (including phenoxy) is 5. The van der Waals surface area contributed by atoms with Crippen molar-refractivity contribution in [2.45, 2.75) is 270 Å². The predicted octanol–water partition coefficient (Wildman–Crippen LogP) is 14.0. The van der Waals surface area contributed by atoms with Gasteiger partial charge in [-0.3, -0.25) is 19.9 Å². The van der Waals surface area contributed by atoms with Crippen LogP contribution in [0.1, 0.15) is 158 Å². The Morgan fingerprint density at radius 1 is 0.745 bits per heavy atom. The Labute approximate surface area is 640 Å². The van der Waals surface area contributed by atoms with Gasteiger partial charge in [0.2, 0.25) is 5.95 Å². The maximum Gasteiger partial charge on any atom is 0.335 e. The zero-order chi connectivity index (χ0) is 80.3. The van der Waals surface area contributed by atoms with Crippen LogP contribution in [0.3, 0.4) is 0 Å². The summed E-state index contributed by atoms with van der Waals surface area (Å²) in [5.41, 5.74) is 10.9. The van der Waals surface area contributed by atoms with E-state index in [2.05, 4.69) is 213 Å². The molecule has 6 atom stereocenters. The van der Waals surface area contributed by atoms with Crippen LogP contribution in [-0.4, -0.2) is 199 Å². The van der Waals surface area contributed by atoms with Gasteiger partial charge in [-0.1, -0.05) is 155 Å². The smallest absolute Gasteiger partial charge is 0.335 e. The van der Waals surface area contributed by atoms with Gasteiger partial charge in [0.05, 0.1) is 70.4 Å². The second kappa shape index (κ2) is 43.9. The highest BCUT2D eigenvalue weighted by Gasteiger charge is 2.44. The monoisotopic (exact) mass is 1750 g/mol. The number of carbonyl (C=O) groups is 5. The van der Waals surface area contributed by atoms with Crippen molar-refractivity contribution in [2.24, 2.45) is 4.99 Å². The molecule has 2 aromatic rings. The van der Waals surface area contributed by atoms with E-state index in [1.807, 2.05) is 26.9 Å². The highest BCUT2D eigenvalue weighted by molar-refractivity contribution is 14.1. The number of hydrogen-bond donors (Lipinski definition) is 5. The number of carbonyl (C=O) groups excluding carboxylic acids is 5. The number of esters is 5. The zero-order valence-corrected chi connectivity index (χ0v) is 76.5. The van der Waals surface area contributed by atoms with Crippen molar-refractivity contribution in [3.63, 3.8) is 0 Å². The number of hydroxylamine groups is 1. The number of alkyl halides is 1. The van der Waals surface area contributed by atoms with Crippen LogP contribution in [0.25, 0.3) is 0 Å². The quantitative estimate of drug-likeness (QED) is 0.0113. The third kappa shape index (κ3) is 36.3. The van der Waals surface area contributed by atoms with Crippen LogP contribution < -0.4 is 11.2 Å². The van der Waals surface area contributed by atoms with Gasteiger partial charge in [-0.25, -0.2) is 38.3 Å². The standard InChI is InChI=1S/C14H13BrFN5O.C11H23IO3Si.C11H24O6SSi.C11H24O4Si.C10H20O3Si.C6H15ClSi.C4H6O3/c1-6-12-11(20-14(17)18-6)5-10(19-13(12)21-22)8-3-2-7(16)4-9(8)15;1-11(2,3)16(5,6)15-9(7-8-12)10(13)14-4;1-9(2)19(5,6)17-10(11(12)15-3)7-8-16-18(4,13)14;1-11(2,3)16(5,6)15-9(7-8-12)10(13)14-4;1-10(2,3)14(4,5)13-8-6-7-12-9(8)11;1-6(2,3)8(4,5)7;5-3-1-2-7-4(3)6/h2-4,10,22H,5H2,1H3,(H,19,21)(H2,17,18,20);9H,7-8H2,1-6H3;9-10H,7-8H2,1-6H3;9,12H,7-8H2,1-6H3;8H,6-7H2,1-5H3;1-5H3;3,5H,1-2H2/t10-;9-;10-;9-;8-;;3-/m10000.0/s1. The van der Waals surface area contributed by atoms with Gasteiger partial charge >= 0.3 is 29.8 Å². The van der Waals surface area contributed by atoms with E-state index in [1.54, 1.807) is 13.0 Å². The second-order valence-corrected chi connectivity index (χ2v) is 61.2. The molecule has 102 heavy (non-hydrogen) atoms. The molecule has 0 aliphatic carbocycles. The number of aliphatic hydroxyl groups is 2. The Hall–Kier alpha value is -2.94. The summed E-state index contributed by atoms with van der Waals surface area (Å²) in [7, 11) is -8.59. The molecule has 5 rings (SSSR count). The van der Waals surface area contributed by atoms with Gasteiger partial charge < -0.3 is 57.3 Å². The number of cyclic esters (lactones) is 2. The van der Waals surface area contributed by atoms with Gasteiger partial charge in [0, 0.05) is 47.6 Å². The first-order valence-corrected chi connectivity index (χ1v) is 53.7. The van der Waals surface area contributed by atoms with Gasteiger partial charge in [0.15, 0.2) is 52.6 Å². The number of nitrogens with zero attached hydrogens (tertiary/aromatic N) is 3. The third-order valence-corrected chi connectivity index (χ3v) is 42.8. The van der Waals surface area contributed by atoms with Crippen LogP contribution in [0.4, 0.5) is 10.3 Å². The van der Waals surface area contributed by atoms with E-state index >= 15 is 0 Å². The van der Waals surface area contributed by atoms with E-state index in [4.69, 9.17) is 54.2 Å². The van der Waals surface area contributed by atoms with E-state index in [9.17, 15) is 42.0 Å². The van der Waals surface area contributed by atoms with E-state index in [1.165, 1.54) is 33.5 Å². The van der Waals surface area contributed by atoms with E-state index in [-0.39, 0.29) is 76.4 Å². The number of aliphatic imine (C=N–C) groups is 1. The minimum absolute atomic E-state index is 0.0364. The molecule has 6 N–H and O–H groups in total. The summed E-state index contributed by atoms with van der Waals surface area (Å²) in [6.07, 6.45) is 0.809. The first-order valence-electron chi connectivity index (χ1n) is 33.8. The van der Waals surface area contributed by atoms with Crippen molar-refractivity contribution in [2.75, 3.05) is 64.2 Å². The molecule has 0 amide bonds. The first-order chi connectivity index (χ1) is 46.1. The molecule has 0 spiro atoms. The highest BCUT2D eigenvalue weighted by Crippen LogP contribution is 2.42. The molecule has 4 heterocycles. The summed E-state index contributed by atoms with van der Waals surface area (Å²) in [5, 5.41) is 27.4. The molecule has 0 unspecified atom stereocenters. The molecule has 0 bridgehead atoms. The van der Waals surface area contributed by atoms with Gasteiger partial charge in [0.1, 0.15) is 30.2 Å². The Bertz CT molecular complexity index is 3050. The number of aliphatic hydroxyl groups excluding tert-OH is 2. The number of fused-ring (bicyclic) bond motifs is 1. The van der Waals surface area contributed by atoms with Crippen molar-refractivity contribution in [3.05, 3.63) is 51.0 Å². The number of anilines is 1. The molecule has 0 radical (unpaired) electrons. The lowest BCUT2D eigenvalue weighted by atomic mass is 9.95. The lowest BCUT2D eigenvalue weighted by molar-refractivity contribution is -0.150. The predicted molar refractivity (Wildman–Crippen MR) is 424 cm³/mol. The summed E-state index contributed by atoms with van der Waals surface area (Å²) in [5.74, 6) is -1.71. The van der Waals surface area contributed by atoms with Crippen molar-refractivity contribution in [1.29, 1.82) is 0 Å².